The quantitative estimate of drug-likeness (QED) is 0.506. The van der Waals surface area contributed by atoms with Crippen LogP contribution in [0.1, 0.15) is 16.7 Å². The highest BCUT2D eigenvalue weighted by atomic mass is 19.4. The number of amides is 1. The highest BCUT2D eigenvalue weighted by Gasteiger charge is 2.31. The third kappa shape index (κ3) is 5.47. The maximum atomic E-state index is 13.2. The van der Waals surface area contributed by atoms with E-state index >= 15 is 0 Å². The first-order valence-electron chi connectivity index (χ1n) is 9.89. The number of nitro benzene ring substituents is 1. The molecule has 0 saturated carbocycles. The van der Waals surface area contributed by atoms with Crippen LogP contribution in [0.25, 0.3) is 0 Å². The van der Waals surface area contributed by atoms with E-state index in [-0.39, 0.29) is 23.6 Å². The molecule has 1 fully saturated rings. The van der Waals surface area contributed by atoms with E-state index in [1.807, 2.05) is 4.90 Å². The number of hydrogen-bond donors (Lipinski definition) is 2. The third-order valence-electron chi connectivity index (χ3n) is 5.20. The maximum absolute atomic E-state index is 13.2. The van der Waals surface area contributed by atoms with Gasteiger partial charge in [0, 0.05) is 19.2 Å². The van der Waals surface area contributed by atoms with Crippen LogP contribution in [0.3, 0.4) is 0 Å². The van der Waals surface area contributed by atoms with Crippen LogP contribution in [-0.4, -0.2) is 43.7 Å². The second-order valence-electron chi connectivity index (χ2n) is 7.44. The Balaban J connectivity index is 1.80. The normalized spacial score (nSPS) is 14.2. The zero-order chi connectivity index (χ0) is 23.5. The van der Waals surface area contributed by atoms with E-state index < -0.39 is 22.6 Å². The molecule has 2 N–H and O–H groups in total. The lowest BCUT2D eigenvalue weighted by Gasteiger charge is -2.31. The van der Waals surface area contributed by atoms with Crippen LogP contribution in [-0.2, 0) is 15.7 Å². The SMILES string of the molecule is Cc1cc(NC(=O)CNc2cc(C(F)(F)F)ccc2N2CCOCC2)c([N+](=O)[O-])cc1C. The van der Waals surface area contributed by atoms with Crippen molar-refractivity contribution >= 4 is 28.7 Å². The summed E-state index contributed by atoms with van der Waals surface area (Å²) in [5.74, 6) is -0.623. The third-order valence-corrected chi connectivity index (χ3v) is 5.20. The predicted octanol–water partition coefficient (Wildman–Crippen LogP) is 4.12. The molecule has 1 heterocycles. The second kappa shape index (κ2) is 9.43. The minimum atomic E-state index is -4.54. The van der Waals surface area contributed by atoms with Crippen molar-refractivity contribution in [1.29, 1.82) is 0 Å². The van der Waals surface area contributed by atoms with Gasteiger partial charge >= 0.3 is 6.18 Å². The molecule has 11 heteroatoms. The summed E-state index contributed by atoms with van der Waals surface area (Å²) in [6.07, 6.45) is -4.54. The number of morpholine rings is 1. The van der Waals surface area contributed by atoms with Gasteiger partial charge in [0.25, 0.3) is 5.69 Å². The largest absolute Gasteiger partial charge is 0.416 e. The van der Waals surface area contributed by atoms with Crippen LogP contribution in [0.2, 0.25) is 0 Å². The minimum Gasteiger partial charge on any atom is -0.378 e. The number of halogens is 3. The summed E-state index contributed by atoms with van der Waals surface area (Å²) < 4.78 is 44.9. The number of rotatable bonds is 6. The van der Waals surface area contributed by atoms with Crippen molar-refractivity contribution in [2.24, 2.45) is 0 Å². The molecule has 1 saturated heterocycles. The number of nitrogens with zero attached hydrogens (tertiary/aromatic N) is 2. The van der Waals surface area contributed by atoms with Gasteiger partial charge in [0.05, 0.1) is 41.6 Å². The average molecular weight is 452 g/mol. The van der Waals surface area contributed by atoms with E-state index in [1.165, 1.54) is 18.2 Å². The predicted molar refractivity (Wildman–Crippen MR) is 114 cm³/mol. The molecule has 0 atom stereocenters. The molecule has 172 valence electrons. The number of ether oxygens (including phenoxy) is 1. The Morgan fingerprint density at radius 3 is 2.41 bits per heavy atom. The van der Waals surface area contributed by atoms with Crippen LogP contribution in [0, 0.1) is 24.0 Å². The Hall–Kier alpha value is -3.34. The molecule has 2 aromatic carbocycles. The Morgan fingerprint density at radius 1 is 1.12 bits per heavy atom. The number of nitro groups is 1. The first kappa shape index (κ1) is 23.3. The number of alkyl halides is 3. The molecule has 0 aliphatic carbocycles. The zero-order valence-electron chi connectivity index (χ0n) is 17.6. The van der Waals surface area contributed by atoms with E-state index in [1.54, 1.807) is 13.8 Å². The van der Waals surface area contributed by atoms with Gasteiger partial charge in [0.15, 0.2) is 0 Å². The molecule has 1 amide bonds. The van der Waals surface area contributed by atoms with Gasteiger partial charge in [-0.05, 0) is 49.2 Å². The summed E-state index contributed by atoms with van der Waals surface area (Å²) in [6, 6.07) is 6.17. The van der Waals surface area contributed by atoms with E-state index in [4.69, 9.17) is 4.74 Å². The van der Waals surface area contributed by atoms with Crippen LogP contribution in [0.5, 0.6) is 0 Å². The van der Waals surface area contributed by atoms with Gasteiger partial charge in [0.1, 0.15) is 5.69 Å². The number of hydrogen-bond acceptors (Lipinski definition) is 6. The Labute approximate surface area is 182 Å². The van der Waals surface area contributed by atoms with Gasteiger partial charge in [-0.3, -0.25) is 14.9 Å². The van der Waals surface area contributed by atoms with Gasteiger partial charge in [0.2, 0.25) is 5.91 Å². The fourth-order valence-corrected chi connectivity index (χ4v) is 3.36. The molecule has 1 aliphatic rings. The highest BCUT2D eigenvalue weighted by molar-refractivity contribution is 5.96. The van der Waals surface area contributed by atoms with Gasteiger partial charge in [-0.15, -0.1) is 0 Å². The number of benzene rings is 2. The minimum absolute atomic E-state index is 0.0299. The molecule has 3 rings (SSSR count). The Bertz CT molecular complexity index is 1020. The van der Waals surface area contributed by atoms with E-state index in [2.05, 4.69) is 10.6 Å². The second-order valence-corrected chi connectivity index (χ2v) is 7.44. The Morgan fingerprint density at radius 2 is 1.78 bits per heavy atom. The highest BCUT2D eigenvalue weighted by Crippen LogP contribution is 2.36. The molecule has 0 spiro atoms. The van der Waals surface area contributed by atoms with Crippen LogP contribution in [0.15, 0.2) is 30.3 Å². The van der Waals surface area contributed by atoms with Crippen molar-refractivity contribution in [2.45, 2.75) is 20.0 Å². The molecule has 8 nitrogen and oxygen atoms in total. The molecule has 0 bridgehead atoms. The molecule has 1 aliphatic heterocycles. The first-order chi connectivity index (χ1) is 15.1. The van der Waals surface area contributed by atoms with Crippen molar-refractivity contribution in [1.82, 2.24) is 0 Å². The summed E-state index contributed by atoms with van der Waals surface area (Å²) in [6.45, 7) is 4.99. The number of anilines is 3. The van der Waals surface area contributed by atoms with Gasteiger partial charge in [-0.2, -0.15) is 13.2 Å². The zero-order valence-corrected chi connectivity index (χ0v) is 17.6. The van der Waals surface area contributed by atoms with Crippen molar-refractivity contribution < 1.29 is 27.6 Å². The summed E-state index contributed by atoms with van der Waals surface area (Å²) in [7, 11) is 0. The molecule has 32 heavy (non-hydrogen) atoms. The number of carbonyl (C=O) groups excluding carboxylic acids is 1. The molecular weight excluding hydrogens is 429 g/mol. The number of nitrogens with one attached hydrogen (secondary N) is 2. The molecule has 0 aromatic heterocycles. The average Bonchev–Trinajstić information content (AvgIpc) is 2.74. The van der Waals surface area contributed by atoms with E-state index in [9.17, 15) is 28.1 Å². The van der Waals surface area contributed by atoms with Crippen molar-refractivity contribution in [3.63, 3.8) is 0 Å². The lowest BCUT2D eigenvalue weighted by atomic mass is 10.1. The fourth-order valence-electron chi connectivity index (χ4n) is 3.36. The van der Waals surface area contributed by atoms with Crippen LogP contribution < -0.4 is 15.5 Å². The van der Waals surface area contributed by atoms with Gasteiger partial charge in [-0.25, -0.2) is 0 Å². The molecule has 0 unspecified atom stereocenters. The lowest BCUT2D eigenvalue weighted by Crippen LogP contribution is -2.37. The molecule has 0 radical (unpaired) electrons. The molecular formula is C21H23F3N4O4. The van der Waals surface area contributed by atoms with Gasteiger partial charge < -0.3 is 20.3 Å². The summed E-state index contributed by atoms with van der Waals surface area (Å²) in [5, 5.41) is 16.5. The van der Waals surface area contributed by atoms with Crippen LogP contribution in [0.4, 0.5) is 35.9 Å². The summed E-state index contributed by atoms with van der Waals surface area (Å²) in [5.41, 5.74) is 1.05. The van der Waals surface area contributed by atoms with Gasteiger partial charge in [-0.1, -0.05) is 0 Å². The monoisotopic (exact) mass is 452 g/mol. The summed E-state index contributed by atoms with van der Waals surface area (Å²) in [4.78, 5) is 25.1. The molecule has 2 aromatic rings. The number of aryl methyl sites for hydroxylation is 2. The Kier molecular flexibility index (Phi) is 6.87. The lowest BCUT2D eigenvalue weighted by molar-refractivity contribution is -0.384. The van der Waals surface area contributed by atoms with E-state index in [0.29, 0.717) is 37.6 Å². The van der Waals surface area contributed by atoms with Crippen molar-refractivity contribution in [3.8, 4) is 0 Å². The topological polar surface area (TPSA) is 96.7 Å². The maximum Gasteiger partial charge on any atom is 0.416 e. The fraction of sp³-hybridized carbons (Fsp3) is 0.381. The van der Waals surface area contributed by atoms with Crippen molar-refractivity contribution in [3.05, 3.63) is 57.1 Å². The summed E-state index contributed by atoms with van der Waals surface area (Å²) >= 11 is 0. The standard InChI is InChI=1S/C21H23F3N4O4/c1-13-9-17(19(28(30)31)10-14(13)2)26-20(29)12-25-16-11-15(21(22,23)24)3-4-18(16)27-5-7-32-8-6-27/h3-4,9-11,25H,5-8,12H2,1-2H3,(H,26,29). The first-order valence-corrected chi connectivity index (χ1v) is 9.89. The van der Waals surface area contributed by atoms with E-state index in [0.717, 1.165) is 17.7 Å². The number of carbonyl (C=O) groups is 1. The smallest absolute Gasteiger partial charge is 0.378 e. The van der Waals surface area contributed by atoms with Crippen molar-refractivity contribution in [2.75, 3.05) is 48.4 Å². The van der Waals surface area contributed by atoms with Crippen LogP contribution >= 0.6 is 0 Å².